The Morgan fingerprint density at radius 1 is 1.00 bits per heavy atom. The standard InChI is InChI=1S/C25H22N8O3/c1-3-32-22-21(23(34)29-25(32)35)33(13-16-7-9-17(10-8-16)24-26-15(2)30-36-24)20(28-22)12-18-14-31-11-5-4-6-19(31)27-18/h4-11,14H,3,12-13H2,1-2H3,(H,29,34,35). The molecule has 0 unspecified atom stereocenters. The minimum Gasteiger partial charge on any atom is -0.334 e. The predicted molar refractivity (Wildman–Crippen MR) is 132 cm³/mol. The summed E-state index contributed by atoms with van der Waals surface area (Å²) in [6.45, 7) is 4.38. The fourth-order valence-electron chi connectivity index (χ4n) is 4.40. The van der Waals surface area contributed by atoms with E-state index in [9.17, 15) is 9.59 Å². The molecule has 0 bridgehead atoms. The molecule has 0 fully saturated rings. The van der Waals surface area contributed by atoms with Crippen LogP contribution in [-0.4, -0.2) is 38.6 Å². The van der Waals surface area contributed by atoms with Crippen molar-refractivity contribution in [3.63, 3.8) is 0 Å². The molecule has 0 atom stereocenters. The van der Waals surface area contributed by atoms with Gasteiger partial charge in [-0.2, -0.15) is 4.98 Å². The molecule has 11 heteroatoms. The number of hydrogen-bond donors (Lipinski definition) is 1. The van der Waals surface area contributed by atoms with E-state index in [0.29, 0.717) is 48.2 Å². The van der Waals surface area contributed by atoms with Gasteiger partial charge in [0, 0.05) is 37.5 Å². The second-order valence-corrected chi connectivity index (χ2v) is 8.51. The van der Waals surface area contributed by atoms with E-state index in [4.69, 9.17) is 9.51 Å². The van der Waals surface area contributed by atoms with Gasteiger partial charge in [0.15, 0.2) is 17.0 Å². The Morgan fingerprint density at radius 2 is 1.83 bits per heavy atom. The molecule has 0 aliphatic carbocycles. The minimum atomic E-state index is -0.474. The third kappa shape index (κ3) is 3.70. The van der Waals surface area contributed by atoms with Crippen LogP contribution in [0.3, 0.4) is 0 Å². The highest BCUT2D eigenvalue weighted by molar-refractivity contribution is 5.71. The van der Waals surface area contributed by atoms with Crippen molar-refractivity contribution < 1.29 is 4.52 Å². The summed E-state index contributed by atoms with van der Waals surface area (Å²) in [5, 5.41) is 3.84. The first-order chi connectivity index (χ1) is 17.5. The van der Waals surface area contributed by atoms with Crippen LogP contribution < -0.4 is 11.2 Å². The lowest BCUT2D eigenvalue weighted by Crippen LogP contribution is -2.30. The van der Waals surface area contributed by atoms with Gasteiger partial charge in [-0.05, 0) is 43.7 Å². The van der Waals surface area contributed by atoms with Crippen molar-refractivity contribution >= 4 is 16.8 Å². The largest absolute Gasteiger partial charge is 0.334 e. The normalized spacial score (nSPS) is 11.6. The highest BCUT2D eigenvalue weighted by Crippen LogP contribution is 2.21. The Bertz CT molecular complexity index is 1800. The van der Waals surface area contributed by atoms with Gasteiger partial charge in [-0.25, -0.2) is 14.8 Å². The number of aryl methyl sites for hydroxylation is 2. The monoisotopic (exact) mass is 482 g/mol. The summed E-state index contributed by atoms with van der Waals surface area (Å²) in [5.74, 6) is 1.66. The molecule has 0 saturated carbocycles. The third-order valence-electron chi connectivity index (χ3n) is 6.10. The van der Waals surface area contributed by atoms with Crippen LogP contribution in [-0.2, 0) is 19.5 Å². The maximum atomic E-state index is 12.9. The number of aromatic amines is 1. The number of aromatic nitrogens is 8. The van der Waals surface area contributed by atoms with Crippen LogP contribution in [0.2, 0.25) is 0 Å². The number of hydrogen-bond acceptors (Lipinski definition) is 7. The number of fused-ring (bicyclic) bond motifs is 2. The van der Waals surface area contributed by atoms with Crippen LogP contribution in [0, 0.1) is 6.92 Å². The molecule has 0 radical (unpaired) electrons. The van der Waals surface area contributed by atoms with E-state index in [1.165, 1.54) is 4.57 Å². The van der Waals surface area contributed by atoms with Crippen LogP contribution >= 0.6 is 0 Å². The van der Waals surface area contributed by atoms with Gasteiger partial charge < -0.3 is 13.5 Å². The summed E-state index contributed by atoms with van der Waals surface area (Å²) < 4.78 is 10.5. The van der Waals surface area contributed by atoms with Crippen molar-refractivity contribution in [2.45, 2.75) is 33.4 Å². The molecule has 0 aliphatic heterocycles. The summed E-state index contributed by atoms with van der Waals surface area (Å²) in [6, 6.07) is 13.5. The highest BCUT2D eigenvalue weighted by atomic mass is 16.5. The van der Waals surface area contributed by atoms with Gasteiger partial charge in [0.25, 0.3) is 11.4 Å². The van der Waals surface area contributed by atoms with Crippen molar-refractivity contribution in [3.8, 4) is 11.5 Å². The molecule has 36 heavy (non-hydrogen) atoms. The van der Waals surface area contributed by atoms with Crippen LogP contribution in [0.4, 0.5) is 0 Å². The van der Waals surface area contributed by atoms with Crippen LogP contribution in [0.25, 0.3) is 28.3 Å². The number of rotatable bonds is 6. The van der Waals surface area contributed by atoms with E-state index in [1.54, 1.807) is 6.92 Å². The minimum absolute atomic E-state index is 0.354. The smallest absolute Gasteiger partial charge is 0.330 e. The summed E-state index contributed by atoms with van der Waals surface area (Å²) in [7, 11) is 0. The SMILES string of the molecule is CCn1c(=O)[nH]c(=O)c2c1nc(Cc1cn3ccccc3n1)n2Cc1ccc(-c2nc(C)no2)cc1. The number of pyridine rings is 1. The first-order valence-electron chi connectivity index (χ1n) is 11.5. The molecular weight excluding hydrogens is 460 g/mol. The van der Waals surface area contributed by atoms with Crippen molar-refractivity contribution in [1.82, 2.24) is 38.6 Å². The van der Waals surface area contributed by atoms with Crippen molar-refractivity contribution in [2.75, 3.05) is 0 Å². The van der Waals surface area contributed by atoms with Gasteiger partial charge in [0.1, 0.15) is 11.5 Å². The lowest BCUT2D eigenvalue weighted by atomic mass is 10.1. The number of nitrogens with zero attached hydrogens (tertiary/aromatic N) is 7. The first kappa shape index (κ1) is 21.7. The lowest BCUT2D eigenvalue weighted by Gasteiger charge is -2.09. The average molecular weight is 483 g/mol. The highest BCUT2D eigenvalue weighted by Gasteiger charge is 2.20. The molecule has 0 saturated heterocycles. The molecule has 6 aromatic rings. The zero-order chi connectivity index (χ0) is 24.8. The molecule has 11 nitrogen and oxygen atoms in total. The number of imidazole rings is 2. The lowest BCUT2D eigenvalue weighted by molar-refractivity contribution is 0.425. The second-order valence-electron chi connectivity index (χ2n) is 8.51. The summed E-state index contributed by atoms with van der Waals surface area (Å²) >= 11 is 0. The Balaban J connectivity index is 1.45. The summed E-state index contributed by atoms with van der Waals surface area (Å²) in [6.07, 6.45) is 4.27. The second kappa shape index (κ2) is 8.45. The van der Waals surface area contributed by atoms with E-state index in [0.717, 1.165) is 22.5 Å². The van der Waals surface area contributed by atoms with Gasteiger partial charge in [-0.3, -0.25) is 14.3 Å². The molecule has 180 valence electrons. The quantitative estimate of drug-likeness (QED) is 0.386. The molecule has 0 aliphatic rings. The fourth-order valence-corrected chi connectivity index (χ4v) is 4.40. The van der Waals surface area contributed by atoms with E-state index < -0.39 is 11.2 Å². The molecular formula is C25H22N8O3. The fraction of sp³-hybridized carbons (Fsp3) is 0.200. The molecule has 5 aromatic heterocycles. The van der Waals surface area contributed by atoms with Crippen LogP contribution in [0.15, 0.2) is 69.0 Å². The molecule has 1 aromatic carbocycles. The zero-order valence-corrected chi connectivity index (χ0v) is 19.7. The Kier molecular flexibility index (Phi) is 5.10. The molecule has 0 spiro atoms. The third-order valence-corrected chi connectivity index (χ3v) is 6.10. The molecule has 0 amide bonds. The first-order valence-corrected chi connectivity index (χ1v) is 11.5. The maximum absolute atomic E-state index is 12.9. The Hall–Kier alpha value is -4.80. The zero-order valence-electron chi connectivity index (χ0n) is 19.7. The van der Waals surface area contributed by atoms with Crippen molar-refractivity contribution in [2.24, 2.45) is 0 Å². The molecule has 6 rings (SSSR count). The van der Waals surface area contributed by atoms with Crippen molar-refractivity contribution in [1.29, 1.82) is 0 Å². The number of nitrogens with one attached hydrogen (secondary N) is 1. The predicted octanol–water partition coefficient (Wildman–Crippen LogP) is 2.55. The van der Waals surface area contributed by atoms with Gasteiger partial charge in [-0.1, -0.05) is 23.4 Å². The Morgan fingerprint density at radius 3 is 2.56 bits per heavy atom. The number of H-pyrrole nitrogens is 1. The average Bonchev–Trinajstić information content (AvgIpc) is 3.57. The maximum Gasteiger partial charge on any atom is 0.330 e. The van der Waals surface area contributed by atoms with E-state index >= 15 is 0 Å². The van der Waals surface area contributed by atoms with Gasteiger partial charge in [-0.15, -0.1) is 0 Å². The van der Waals surface area contributed by atoms with Crippen molar-refractivity contribution in [3.05, 3.63) is 98.6 Å². The van der Waals surface area contributed by atoms with Crippen LogP contribution in [0.5, 0.6) is 0 Å². The Labute approximate surface area is 203 Å². The van der Waals surface area contributed by atoms with Crippen LogP contribution in [0.1, 0.15) is 29.8 Å². The van der Waals surface area contributed by atoms with E-state index in [1.807, 2.05) is 70.7 Å². The van der Waals surface area contributed by atoms with E-state index in [2.05, 4.69) is 20.1 Å². The summed E-state index contributed by atoms with van der Waals surface area (Å²) in [4.78, 5) is 41.5. The van der Waals surface area contributed by atoms with Gasteiger partial charge in [0.05, 0.1) is 5.69 Å². The topological polar surface area (TPSA) is 129 Å². The summed E-state index contributed by atoms with van der Waals surface area (Å²) in [5.41, 5.74) is 3.16. The molecule has 5 heterocycles. The van der Waals surface area contributed by atoms with Gasteiger partial charge >= 0.3 is 5.69 Å². The number of benzene rings is 1. The van der Waals surface area contributed by atoms with E-state index in [-0.39, 0.29) is 0 Å². The molecule has 1 N–H and O–H groups in total. The van der Waals surface area contributed by atoms with Gasteiger partial charge in [0.2, 0.25) is 0 Å².